The average molecular weight is 468 g/mol. The van der Waals surface area contributed by atoms with Crippen LogP contribution in [0.3, 0.4) is 0 Å². The number of halogens is 3. The third-order valence-electron chi connectivity index (χ3n) is 5.00. The molecule has 172 valence electrons. The number of aryl methyl sites for hydroxylation is 3. The SMILES string of the molecule is COc1ccc2cc(OCC(NS(=O)(=O)c3c(C)cc(C)cc3C)C(F)(F)F)ccc2c1. The summed E-state index contributed by atoms with van der Waals surface area (Å²) < 4.78 is 78.8. The molecular weight excluding hydrogens is 443 g/mol. The van der Waals surface area contributed by atoms with Gasteiger partial charge in [-0.1, -0.05) is 29.8 Å². The van der Waals surface area contributed by atoms with Crippen LogP contribution in [0.1, 0.15) is 16.7 Å². The number of methoxy groups -OCH3 is 1. The van der Waals surface area contributed by atoms with Gasteiger partial charge in [0.2, 0.25) is 10.0 Å². The van der Waals surface area contributed by atoms with Crippen LogP contribution in [-0.4, -0.2) is 34.4 Å². The molecule has 0 aromatic heterocycles. The number of hydrogen-bond donors (Lipinski definition) is 1. The molecule has 0 radical (unpaired) electrons. The van der Waals surface area contributed by atoms with Crippen LogP contribution in [0.15, 0.2) is 53.4 Å². The molecule has 3 aromatic carbocycles. The largest absolute Gasteiger partial charge is 0.497 e. The van der Waals surface area contributed by atoms with E-state index in [1.807, 2.05) is 0 Å². The van der Waals surface area contributed by atoms with E-state index in [4.69, 9.17) is 9.47 Å². The van der Waals surface area contributed by atoms with Crippen molar-refractivity contribution in [1.82, 2.24) is 4.72 Å². The Morgan fingerprint density at radius 2 is 1.44 bits per heavy atom. The Bertz CT molecular complexity index is 1220. The van der Waals surface area contributed by atoms with Gasteiger partial charge < -0.3 is 9.47 Å². The highest BCUT2D eigenvalue weighted by Gasteiger charge is 2.43. The molecule has 0 bridgehead atoms. The first-order chi connectivity index (χ1) is 14.9. The fraction of sp³-hybridized carbons (Fsp3) is 0.304. The van der Waals surface area contributed by atoms with E-state index >= 15 is 0 Å². The van der Waals surface area contributed by atoms with E-state index in [-0.39, 0.29) is 10.6 Å². The van der Waals surface area contributed by atoms with Crippen LogP contribution in [0.5, 0.6) is 11.5 Å². The lowest BCUT2D eigenvalue weighted by Gasteiger charge is -2.23. The molecule has 1 unspecified atom stereocenters. The van der Waals surface area contributed by atoms with E-state index in [9.17, 15) is 21.6 Å². The Kier molecular flexibility index (Phi) is 6.71. The molecule has 0 spiro atoms. The molecule has 0 aliphatic carbocycles. The first kappa shape index (κ1) is 23.9. The van der Waals surface area contributed by atoms with Crippen LogP contribution in [-0.2, 0) is 10.0 Å². The zero-order valence-corrected chi connectivity index (χ0v) is 18.9. The van der Waals surface area contributed by atoms with Gasteiger partial charge in [-0.2, -0.15) is 17.9 Å². The van der Waals surface area contributed by atoms with Crippen molar-refractivity contribution in [3.63, 3.8) is 0 Å². The van der Waals surface area contributed by atoms with Gasteiger partial charge in [0.15, 0.2) is 6.04 Å². The van der Waals surface area contributed by atoms with Crippen molar-refractivity contribution in [2.24, 2.45) is 0 Å². The van der Waals surface area contributed by atoms with Gasteiger partial charge in [0.05, 0.1) is 12.0 Å². The first-order valence-corrected chi connectivity index (χ1v) is 11.3. The van der Waals surface area contributed by atoms with Crippen LogP contribution in [0.4, 0.5) is 13.2 Å². The topological polar surface area (TPSA) is 64.6 Å². The third-order valence-corrected chi connectivity index (χ3v) is 6.78. The number of nitrogens with one attached hydrogen (secondary N) is 1. The predicted molar refractivity (Wildman–Crippen MR) is 117 cm³/mol. The molecule has 0 saturated heterocycles. The molecule has 1 N–H and O–H groups in total. The molecule has 0 aliphatic rings. The van der Waals surface area contributed by atoms with Crippen molar-refractivity contribution in [2.45, 2.75) is 37.9 Å². The first-order valence-electron chi connectivity index (χ1n) is 9.78. The van der Waals surface area contributed by atoms with Crippen LogP contribution < -0.4 is 14.2 Å². The summed E-state index contributed by atoms with van der Waals surface area (Å²) in [6.07, 6.45) is -4.84. The molecule has 0 heterocycles. The lowest BCUT2D eigenvalue weighted by atomic mass is 10.1. The Hall–Kier alpha value is -2.78. The number of hydrogen-bond acceptors (Lipinski definition) is 4. The second kappa shape index (κ2) is 8.99. The minimum absolute atomic E-state index is 0.156. The Morgan fingerprint density at radius 1 is 0.906 bits per heavy atom. The second-order valence-electron chi connectivity index (χ2n) is 7.63. The van der Waals surface area contributed by atoms with Gasteiger partial charge in [0.1, 0.15) is 18.1 Å². The van der Waals surface area contributed by atoms with Crippen LogP contribution in [0.2, 0.25) is 0 Å². The van der Waals surface area contributed by atoms with Gasteiger partial charge in [-0.3, -0.25) is 0 Å². The summed E-state index contributed by atoms with van der Waals surface area (Å²) in [6, 6.07) is 10.9. The monoisotopic (exact) mass is 467 g/mol. The fourth-order valence-electron chi connectivity index (χ4n) is 3.63. The predicted octanol–water partition coefficient (Wildman–Crippen LogP) is 5.06. The number of fused-ring (bicyclic) bond motifs is 1. The van der Waals surface area contributed by atoms with Crippen molar-refractivity contribution in [3.8, 4) is 11.5 Å². The van der Waals surface area contributed by atoms with Crippen molar-refractivity contribution < 1.29 is 31.1 Å². The molecular formula is C23H24F3NO4S. The van der Waals surface area contributed by atoms with Crippen molar-refractivity contribution >= 4 is 20.8 Å². The van der Waals surface area contributed by atoms with Gasteiger partial charge >= 0.3 is 6.18 Å². The highest BCUT2D eigenvalue weighted by molar-refractivity contribution is 7.89. The van der Waals surface area contributed by atoms with Gasteiger partial charge in [0, 0.05) is 0 Å². The second-order valence-corrected chi connectivity index (χ2v) is 9.28. The average Bonchev–Trinajstić information content (AvgIpc) is 2.68. The number of sulfonamides is 1. The molecule has 3 rings (SSSR count). The molecule has 1 atom stereocenters. The number of rotatable bonds is 7. The summed E-state index contributed by atoms with van der Waals surface area (Å²) in [6.45, 7) is 3.99. The summed E-state index contributed by atoms with van der Waals surface area (Å²) >= 11 is 0. The smallest absolute Gasteiger partial charge is 0.408 e. The number of benzene rings is 3. The van der Waals surface area contributed by atoms with E-state index in [0.717, 1.165) is 16.3 Å². The van der Waals surface area contributed by atoms with Crippen molar-refractivity contribution in [1.29, 1.82) is 0 Å². The van der Waals surface area contributed by atoms with E-state index < -0.39 is 28.8 Å². The fourth-order valence-corrected chi connectivity index (χ4v) is 5.29. The number of ether oxygens (including phenoxy) is 2. The zero-order chi connectivity index (χ0) is 23.7. The minimum atomic E-state index is -4.84. The third kappa shape index (κ3) is 5.34. The Morgan fingerprint density at radius 3 is 1.97 bits per heavy atom. The molecule has 0 aliphatic heterocycles. The quantitative estimate of drug-likeness (QED) is 0.528. The molecule has 5 nitrogen and oxygen atoms in total. The summed E-state index contributed by atoms with van der Waals surface area (Å²) in [7, 11) is -2.89. The minimum Gasteiger partial charge on any atom is -0.497 e. The Labute approximate surface area is 185 Å². The summed E-state index contributed by atoms with van der Waals surface area (Å²) in [5.74, 6) is 0.846. The number of alkyl halides is 3. The Balaban J connectivity index is 1.83. The molecule has 0 saturated carbocycles. The van der Waals surface area contributed by atoms with Crippen molar-refractivity contribution in [3.05, 3.63) is 65.2 Å². The lowest BCUT2D eigenvalue weighted by molar-refractivity contribution is -0.157. The summed E-state index contributed by atoms with van der Waals surface area (Å²) in [5, 5.41) is 1.58. The molecule has 3 aromatic rings. The van der Waals surface area contributed by atoms with Crippen LogP contribution in [0.25, 0.3) is 10.8 Å². The maximum Gasteiger partial charge on any atom is 0.408 e. The van der Waals surface area contributed by atoms with Gasteiger partial charge in [-0.25, -0.2) is 8.42 Å². The normalized spacial score (nSPS) is 13.2. The molecule has 32 heavy (non-hydrogen) atoms. The van der Waals surface area contributed by atoms with Gasteiger partial charge in [-0.05, 0) is 66.9 Å². The highest BCUT2D eigenvalue weighted by Crippen LogP contribution is 2.28. The molecule has 9 heteroatoms. The van der Waals surface area contributed by atoms with Crippen molar-refractivity contribution in [2.75, 3.05) is 13.7 Å². The summed E-state index contributed by atoms with van der Waals surface area (Å²) in [4.78, 5) is -0.156. The van der Waals surface area contributed by atoms with Crippen LogP contribution in [0, 0.1) is 20.8 Å². The van der Waals surface area contributed by atoms with E-state index in [2.05, 4.69) is 0 Å². The van der Waals surface area contributed by atoms with E-state index in [1.54, 1.807) is 68.0 Å². The summed E-state index contributed by atoms with van der Waals surface area (Å²) in [5.41, 5.74) is 1.58. The van der Waals surface area contributed by atoms with E-state index in [1.165, 1.54) is 13.2 Å². The lowest BCUT2D eigenvalue weighted by Crippen LogP contribution is -2.49. The van der Waals surface area contributed by atoms with Gasteiger partial charge in [-0.15, -0.1) is 0 Å². The maximum atomic E-state index is 13.6. The molecule has 0 fully saturated rings. The van der Waals surface area contributed by atoms with E-state index in [0.29, 0.717) is 16.9 Å². The van der Waals surface area contributed by atoms with Gasteiger partial charge in [0.25, 0.3) is 0 Å². The zero-order valence-electron chi connectivity index (χ0n) is 18.1. The highest BCUT2D eigenvalue weighted by atomic mass is 32.2. The maximum absolute atomic E-state index is 13.6. The standard InChI is InChI=1S/C23H24F3NO4S/c1-14-9-15(2)22(16(3)10-14)32(28,29)27-21(23(24,25)26)13-31-20-8-6-17-11-19(30-4)7-5-18(17)12-20/h5-12,21,27H,13H2,1-4H3. The molecule has 0 amide bonds. The van der Waals surface area contributed by atoms with Crippen LogP contribution >= 0.6 is 0 Å².